The molecule has 0 spiro atoms. The molecular weight excluding hydrogens is 235 g/mol. The first kappa shape index (κ1) is 13.6. The molecule has 0 radical (unpaired) electrons. The Hall–Kier alpha value is -1.43. The first-order valence-corrected chi connectivity index (χ1v) is 4.98. The quantitative estimate of drug-likeness (QED) is 0.593. The number of ketones is 1. The Balaban J connectivity index is 2.39. The summed E-state index contributed by atoms with van der Waals surface area (Å²) < 4.78 is 39.6. The predicted molar refractivity (Wildman–Crippen MR) is 54.8 cm³/mol. The van der Waals surface area contributed by atoms with Gasteiger partial charge in [0.1, 0.15) is 6.61 Å². The highest BCUT2D eigenvalue weighted by Gasteiger charge is 2.27. The maximum Gasteiger partial charge on any atom is 0.411 e. The van der Waals surface area contributed by atoms with E-state index in [1.807, 2.05) is 0 Å². The largest absolute Gasteiger partial charge is 0.411 e. The molecule has 0 fully saturated rings. The molecule has 0 aliphatic rings. The minimum atomic E-state index is -4.35. The van der Waals surface area contributed by atoms with E-state index in [1.165, 1.54) is 6.20 Å². The fourth-order valence-corrected chi connectivity index (χ4v) is 1.24. The van der Waals surface area contributed by atoms with Gasteiger partial charge in [-0.25, -0.2) is 0 Å². The third-order valence-electron chi connectivity index (χ3n) is 2.08. The lowest BCUT2D eigenvalue weighted by Gasteiger charge is -2.07. The third-order valence-corrected chi connectivity index (χ3v) is 2.08. The Labute approximate surface area is 96.6 Å². The lowest BCUT2D eigenvalue weighted by molar-refractivity contribution is -0.173. The molecule has 0 bridgehead atoms. The van der Waals surface area contributed by atoms with Crippen molar-refractivity contribution in [2.75, 3.05) is 13.2 Å². The highest BCUT2D eigenvalue weighted by molar-refractivity contribution is 5.97. The fourth-order valence-electron chi connectivity index (χ4n) is 1.24. The number of nitrogens with zero attached hydrogens (tertiary/aromatic N) is 1. The Bertz CT molecular complexity index is 391. The number of carbonyl (C=O) groups is 1. The van der Waals surface area contributed by atoms with Gasteiger partial charge < -0.3 is 4.74 Å². The Morgan fingerprint density at radius 1 is 1.47 bits per heavy atom. The normalized spacial score (nSPS) is 11.5. The van der Waals surface area contributed by atoms with E-state index in [4.69, 9.17) is 0 Å². The minimum absolute atomic E-state index is 0.0807. The smallest absolute Gasteiger partial charge is 0.372 e. The number of Topliss-reactive ketones (excluding diaryl/α,β-unsaturated/α-hetero) is 1. The Kier molecular flexibility index (Phi) is 4.62. The van der Waals surface area contributed by atoms with Crippen molar-refractivity contribution in [2.24, 2.45) is 0 Å². The molecule has 0 aliphatic carbocycles. The van der Waals surface area contributed by atoms with Crippen LogP contribution in [0.2, 0.25) is 0 Å². The first-order chi connectivity index (χ1) is 7.90. The summed E-state index contributed by atoms with van der Waals surface area (Å²) in [6, 6.07) is 1.67. The summed E-state index contributed by atoms with van der Waals surface area (Å²) in [5.41, 5.74) is 1.17. The summed E-state index contributed by atoms with van der Waals surface area (Å²) >= 11 is 0. The van der Waals surface area contributed by atoms with Crippen LogP contribution in [0.15, 0.2) is 18.5 Å². The second-order valence-corrected chi connectivity index (χ2v) is 3.53. The SMILES string of the molecule is Cc1ccncc1C(=O)CCOCC(F)(F)F. The second kappa shape index (κ2) is 5.77. The van der Waals surface area contributed by atoms with Crippen molar-refractivity contribution in [3.63, 3.8) is 0 Å². The van der Waals surface area contributed by atoms with Crippen LogP contribution in [-0.4, -0.2) is 30.2 Å². The zero-order valence-electron chi connectivity index (χ0n) is 9.25. The van der Waals surface area contributed by atoms with Crippen molar-refractivity contribution < 1.29 is 22.7 Å². The van der Waals surface area contributed by atoms with E-state index in [2.05, 4.69) is 9.72 Å². The summed E-state index contributed by atoms with van der Waals surface area (Å²) in [4.78, 5) is 15.4. The number of alkyl halides is 3. The van der Waals surface area contributed by atoms with E-state index in [1.54, 1.807) is 19.2 Å². The predicted octanol–water partition coefficient (Wildman–Crippen LogP) is 2.54. The zero-order chi connectivity index (χ0) is 12.9. The third kappa shape index (κ3) is 4.95. The van der Waals surface area contributed by atoms with E-state index in [9.17, 15) is 18.0 Å². The number of hydrogen-bond acceptors (Lipinski definition) is 3. The van der Waals surface area contributed by atoms with Gasteiger partial charge in [-0.05, 0) is 18.6 Å². The van der Waals surface area contributed by atoms with Crippen LogP contribution < -0.4 is 0 Å². The molecule has 0 atom stereocenters. The van der Waals surface area contributed by atoms with Crippen molar-refractivity contribution >= 4 is 5.78 Å². The number of ether oxygens (including phenoxy) is 1. The van der Waals surface area contributed by atoms with E-state index in [-0.39, 0.29) is 18.8 Å². The van der Waals surface area contributed by atoms with Crippen molar-refractivity contribution in [3.8, 4) is 0 Å². The van der Waals surface area contributed by atoms with Crippen molar-refractivity contribution in [1.29, 1.82) is 0 Å². The number of hydrogen-bond donors (Lipinski definition) is 0. The van der Waals surface area contributed by atoms with Gasteiger partial charge in [0, 0.05) is 24.4 Å². The van der Waals surface area contributed by atoms with Crippen LogP contribution in [-0.2, 0) is 4.74 Å². The number of aromatic nitrogens is 1. The number of pyridine rings is 1. The average molecular weight is 247 g/mol. The number of halogens is 3. The molecule has 0 aliphatic heterocycles. The molecule has 1 rings (SSSR count). The first-order valence-electron chi connectivity index (χ1n) is 4.98. The molecule has 1 aromatic rings. The molecule has 1 heterocycles. The lowest BCUT2D eigenvalue weighted by atomic mass is 10.1. The molecule has 0 N–H and O–H groups in total. The van der Waals surface area contributed by atoms with Gasteiger partial charge >= 0.3 is 6.18 Å². The monoisotopic (exact) mass is 247 g/mol. The van der Waals surface area contributed by atoms with Crippen LogP contribution in [0.4, 0.5) is 13.2 Å². The molecule has 0 saturated carbocycles. The highest BCUT2D eigenvalue weighted by Crippen LogP contribution is 2.15. The molecule has 0 unspecified atom stereocenters. The van der Waals surface area contributed by atoms with Crippen molar-refractivity contribution in [3.05, 3.63) is 29.6 Å². The van der Waals surface area contributed by atoms with Crippen LogP contribution >= 0.6 is 0 Å². The van der Waals surface area contributed by atoms with E-state index >= 15 is 0 Å². The number of aryl methyl sites for hydroxylation is 1. The van der Waals surface area contributed by atoms with Crippen molar-refractivity contribution in [1.82, 2.24) is 4.98 Å². The molecule has 1 aromatic heterocycles. The van der Waals surface area contributed by atoms with Gasteiger partial charge in [0.2, 0.25) is 0 Å². The van der Waals surface area contributed by atoms with E-state index in [0.29, 0.717) is 5.56 Å². The summed E-state index contributed by atoms with van der Waals surface area (Å²) in [5, 5.41) is 0. The number of carbonyl (C=O) groups excluding carboxylic acids is 1. The summed E-state index contributed by atoms with van der Waals surface area (Å²) in [6.07, 6.45) is -1.48. The van der Waals surface area contributed by atoms with Gasteiger partial charge in [0.15, 0.2) is 5.78 Å². The Morgan fingerprint density at radius 2 is 2.18 bits per heavy atom. The zero-order valence-corrected chi connectivity index (χ0v) is 9.25. The van der Waals surface area contributed by atoms with E-state index < -0.39 is 12.8 Å². The fraction of sp³-hybridized carbons (Fsp3) is 0.455. The molecule has 94 valence electrons. The molecular formula is C11H12F3NO2. The minimum Gasteiger partial charge on any atom is -0.372 e. The standard InChI is InChI=1S/C11H12F3NO2/c1-8-2-4-15-6-9(8)10(16)3-5-17-7-11(12,13)14/h2,4,6H,3,5,7H2,1H3. The maximum absolute atomic E-state index is 11.7. The van der Waals surface area contributed by atoms with Gasteiger partial charge in [-0.15, -0.1) is 0 Å². The van der Waals surface area contributed by atoms with Gasteiger partial charge in [0.05, 0.1) is 6.61 Å². The summed E-state index contributed by atoms with van der Waals surface area (Å²) in [7, 11) is 0. The molecule has 0 saturated heterocycles. The van der Waals surface area contributed by atoms with Gasteiger partial charge in [-0.3, -0.25) is 9.78 Å². The molecule has 0 amide bonds. The number of rotatable bonds is 5. The van der Waals surface area contributed by atoms with Crippen LogP contribution in [0, 0.1) is 6.92 Å². The summed E-state index contributed by atoms with van der Waals surface area (Å²) in [6.45, 7) is 0.171. The Morgan fingerprint density at radius 3 is 2.76 bits per heavy atom. The average Bonchev–Trinajstić information content (AvgIpc) is 2.23. The van der Waals surface area contributed by atoms with Gasteiger partial charge in [-0.2, -0.15) is 13.2 Å². The highest BCUT2D eigenvalue weighted by atomic mass is 19.4. The van der Waals surface area contributed by atoms with Gasteiger partial charge in [0.25, 0.3) is 0 Å². The maximum atomic E-state index is 11.7. The topological polar surface area (TPSA) is 39.2 Å². The molecule has 17 heavy (non-hydrogen) atoms. The molecule has 0 aromatic carbocycles. The molecule has 3 nitrogen and oxygen atoms in total. The van der Waals surface area contributed by atoms with Crippen molar-refractivity contribution in [2.45, 2.75) is 19.5 Å². The van der Waals surface area contributed by atoms with E-state index in [0.717, 1.165) is 5.56 Å². The van der Waals surface area contributed by atoms with Crippen LogP contribution in [0.3, 0.4) is 0 Å². The van der Waals surface area contributed by atoms with Gasteiger partial charge in [-0.1, -0.05) is 0 Å². The van der Waals surface area contributed by atoms with Crippen LogP contribution in [0.1, 0.15) is 22.3 Å². The van der Waals surface area contributed by atoms with Crippen LogP contribution in [0.5, 0.6) is 0 Å². The molecule has 6 heteroatoms. The van der Waals surface area contributed by atoms with Crippen LogP contribution in [0.25, 0.3) is 0 Å². The second-order valence-electron chi connectivity index (χ2n) is 3.53. The summed E-state index contributed by atoms with van der Waals surface area (Å²) in [5.74, 6) is -0.266. The lowest BCUT2D eigenvalue weighted by Crippen LogP contribution is -2.18.